The topological polar surface area (TPSA) is 116 Å². The molecule has 38 heavy (non-hydrogen) atoms. The number of urea groups is 1. The number of amides is 3. The van der Waals surface area contributed by atoms with Gasteiger partial charge in [-0.05, 0) is 54.3 Å². The highest BCUT2D eigenvalue weighted by Crippen LogP contribution is 2.28. The van der Waals surface area contributed by atoms with E-state index in [2.05, 4.69) is 4.72 Å². The van der Waals surface area contributed by atoms with Crippen molar-refractivity contribution in [2.24, 2.45) is 0 Å². The molecule has 0 atom stereocenters. The molecule has 4 rings (SSSR count). The lowest BCUT2D eigenvalue weighted by Crippen LogP contribution is -2.43. The van der Waals surface area contributed by atoms with E-state index in [-0.39, 0.29) is 11.4 Å². The molecule has 0 saturated carbocycles. The van der Waals surface area contributed by atoms with Crippen molar-refractivity contribution in [3.05, 3.63) is 113 Å². The lowest BCUT2D eigenvalue weighted by molar-refractivity contribution is 0.0711. The van der Waals surface area contributed by atoms with Crippen LogP contribution in [-0.4, -0.2) is 37.0 Å². The molecule has 0 aliphatic rings. The number of nitrogens with one attached hydrogen (secondary N) is 2. The zero-order chi connectivity index (χ0) is 27.1. The molecule has 4 aromatic rings. The maximum absolute atomic E-state index is 13.2. The monoisotopic (exact) mass is 549 g/mol. The Morgan fingerprint density at radius 2 is 1.55 bits per heavy atom. The number of sulfonamides is 1. The third-order valence-electron chi connectivity index (χ3n) is 5.90. The number of benzene rings is 3. The second-order valence-corrected chi connectivity index (χ2v) is 11.4. The molecule has 3 amide bonds. The van der Waals surface area contributed by atoms with Gasteiger partial charge in [-0.15, -0.1) is 11.3 Å². The zero-order valence-corrected chi connectivity index (χ0v) is 22.3. The van der Waals surface area contributed by atoms with Crippen molar-refractivity contribution in [2.75, 3.05) is 6.54 Å². The van der Waals surface area contributed by atoms with Crippen LogP contribution < -0.4 is 10.2 Å². The van der Waals surface area contributed by atoms with Gasteiger partial charge in [0.25, 0.3) is 15.9 Å². The molecule has 10 heteroatoms. The predicted molar refractivity (Wildman–Crippen MR) is 146 cm³/mol. The molecule has 0 fully saturated rings. The summed E-state index contributed by atoms with van der Waals surface area (Å²) in [6.07, 6.45) is 0.557. The van der Waals surface area contributed by atoms with Gasteiger partial charge in [0, 0.05) is 18.0 Å². The van der Waals surface area contributed by atoms with Gasteiger partial charge in [-0.1, -0.05) is 72.3 Å². The van der Waals surface area contributed by atoms with Gasteiger partial charge in [0.15, 0.2) is 0 Å². The molecule has 3 aromatic carbocycles. The summed E-state index contributed by atoms with van der Waals surface area (Å²) in [5.41, 5.74) is 5.26. The molecule has 0 saturated heterocycles. The summed E-state index contributed by atoms with van der Waals surface area (Å²) in [6.45, 7) is 2.37. The summed E-state index contributed by atoms with van der Waals surface area (Å²) in [5, 5.41) is 8.83. The summed E-state index contributed by atoms with van der Waals surface area (Å²) < 4.78 is 27.9. The Balaban J connectivity index is 1.51. The lowest BCUT2D eigenvalue weighted by atomic mass is 10.1. The molecule has 1 aromatic heterocycles. The van der Waals surface area contributed by atoms with Crippen molar-refractivity contribution < 1.29 is 23.2 Å². The van der Waals surface area contributed by atoms with E-state index >= 15 is 0 Å². The largest absolute Gasteiger partial charge is 0.331 e. The fourth-order valence-electron chi connectivity index (χ4n) is 3.78. The van der Waals surface area contributed by atoms with Gasteiger partial charge in [-0.2, -0.15) is 0 Å². The first-order valence-corrected chi connectivity index (χ1v) is 14.1. The van der Waals surface area contributed by atoms with Crippen LogP contribution in [0.25, 0.3) is 10.4 Å². The number of aryl methyl sites for hydroxylation is 1. The number of carbonyl (C=O) groups is 2. The number of hydroxylamine groups is 1. The molecule has 1 heterocycles. The van der Waals surface area contributed by atoms with E-state index in [1.54, 1.807) is 29.7 Å². The first kappa shape index (κ1) is 27.1. The van der Waals surface area contributed by atoms with Crippen molar-refractivity contribution in [2.45, 2.75) is 24.8 Å². The minimum Gasteiger partial charge on any atom is -0.319 e. The van der Waals surface area contributed by atoms with Crippen molar-refractivity contribution in [3.8, 4) is 10.4 Å². The first-order chi connectivity index (χ1) is 18.2. The van der Waals surface area contributed by atoms with Gasteiger partial charge in [0.1, 0.15) is 0 Å². The smallest absolute Gasteiger partial charge is 0.319 e. The quantitative estimate of drug-likeness (QED) is 0.201. The number of hydrogen-bond acceptors (Lipinski definition) is 6. The summed E-state index contributed by atoms with van der Waals surface area (Å²) in [6, 6.07) is 26.1. The second-order valence-electron chi connectivity index (χ2n) is 8.68. The van der Waals surface area contributed by atoms with E-state index in [9.17, 15) is 18.0 Å². The molecule has 3 N–H and O–H groups in total. The van der Waals surface area contributed by atoms with Crippen LogP contribution >= 0.6 is 11.3 Å². The van der Waals surface area contributed by atoms with E-state index in [0.717, 1.165) is 27.1 Å². The second kappa shape index (κ2) is 12.0. The molecule has 0 radical (unpaired) electrons. The molecule has 0 spiro atoms. The highest BCUT2D eigenvalue weighted by atomic mass is 32.2. The van der Waals surface area contributed by atoms with Crippen LogP contribution in [0.2, 0.25) is 0 Å². The van der Waals surface area contributed by atoms with Gasteiger partial charge in [-0.3, -0.25) is 10.0 Å². The Labute approximate surface area is 225 Å². The predicted octanol–water partition coefficient (Wildman–Crippen LogP) is 4.99. The van der Waals surface area contributed by atoms with Crippen LogP contribution in [0.1, 0.15) is 26.4 Å². The Hall–Kier alpha value is -3.99. The third-order valence-corrected chi connectivity index (χ3v) is 8.37. The average molecular weight is 550 g/mol. The van der Waals surface area contributed by atoms with Crippen molar-refractivity contribution in [1.82, 2.24) is 15.1 Å². The van der Waals surface area contributed by atoms with Crippen LogP contribution in [0.3, 0.4) is 0 Å². The van der Waals surface area contributed by atoms with E-state index in [1.165, 1.54) is 28.4 Å². The maximum atomic E-state index is 13.2. The van der Waals surface area contributed by atoms with Gasteiger partial charge in [0.2, 0.25) is 0 Å². The Morgan fingerprint density at radius 1 is 0.868 bits per heavy atom. The minimum absolute atomic E-state index is 0.0222. The van der Waals surface area contributed by atoms with Crippen LogP contribution in [0.15, 0.2) is 95.9 Å². The molecular formula is C28H27N3O5S2. The highest BCUT2D eigenvalue weighted by molar-refractivity contribution is 7.90. The third kappa shape index (κ3) is 6.86. The lowest BCUT2D eigenvalue weighted by Gasteiger charge is -2.23. The average Bonchev–Trinajstić information content (AvgIpc) is 3.42. The van der Waals surface area contributed by atoms with Crippen LogP contribution in [-0.2, 0) is 23.0 Å². The number of thiophene rings is 1. The zero-order valence-electron chi connectivity index (χ0n) is 20.6. The van der Waals surface area contributed by atoms with E-state index in [1.807, 2.05) is 61.5 Å². The number of hydrogen-bond donors (Lipinski definition) is 3. The van der Waals surface area contributed by atoms with Crippen LogP contribution in [0, 0.1) is 6.92 Å². The van der Waals surface area contributed by atoms with E-state index in [0.29, 0.717) is 17.8 Å². The fourth-order valence-corrected chi connectivity index (χ4v) is 5.65. The molecule has 0 bridgehead atoms. The van der Waals surface area contributed by atoms with Gasteiger partial charge in [-0.25, -0.2) is 23.4 Å². The van der Waals surface area contributed by atoms with E-state index < -0.39 is 22.0 Å². The van der Waals surface area contributed by atoms with Gasteiger partial charge >= 0.3 is 6.03 Å². The normalized spacial score (nSPS) is 11.1. The fraction of sp³-hybridized carbons (Fsp3) is 0.143. The molecule has 0 unspecified atom stereocenters. The first-order valence-electron chi connectivity index (χ1n) is 11.8. The summed E-state index contributed by atoms with van der Waals surface area (Å²) in [7, 11) is -4.04. The summed E-state index contributed by atoms with van der Waals surface area (Å²) >= 11 is 1.24. The molecule has 196 valence electrons. The van der Waals surface area contributed by atoms with Crippen molar-refractivity contribution in [1.29, 1.82) is 0 Å². The maximum Gasteiger partial charge on any atom is 0.331 e. The summed E-state index contributed by atoms with van der Waals surface area (Å²) in [5.74, 6) is -0.571. The molecule has 0 aliphatic carbocycles. The Morgan fingerprint density at radius 3 is 2.21 bits per heavy atom. The Bertz CT molecular complexity index is 1500. The molecule has 8 nitrogen and oxygen atoms in total. The molecular weight excluding hydrogens is 522 g/mol. The number of rotatable bonds is 9. The van der Waals surface area contributed by atoms with Crippen LogP contribution in [0.5, 0.6) is 0 Å². The number of carbonyl (C=O) groups excluding carboxylic acids is 2. The van der Waals surface area contributed by atoms with Crippen LogP contribution in [0.4, 0.5) is 4.79 Å². The van der Waals surface area contributed by atoms with E-state index in [4.69, 9.17) is 5.21 Å². The van der Waals surface area contributed by atoms with Crippen molar-refractivity contribution in [3.63, 3.8) is 0 Å². The van der Waals surface area contributed by atoms with Crippen molar-refractivity contribution >= 4 is 33.3 Å². The standard InChI is InChI=1S/C28H27N3O5S2/c1-20-7-13-24(14-8-20)38(35,36)30-28(33)31(18-17-21-5-3-2-4-6-21)19-22-9-11-23(12-10-22)25-15-16-26(37-25)27(32)29-34/h2-16,34H,17-19H2,1H3,(H,29,32)(H,30,33). The molecule has 0 aliphatic heterocycles. The SMILES string of the molecule is Cc1ccc(S(=O)(=O)NC(=O)N(CCc2ccccc2)Cc2ccc(-c3ccc(C(=O)NO)s3)cc2)cc1. The summed E-state index contributed by atoms with van der Waals surface area (Å²) in [4.78, 5) is 27.5. The van der Waals surface area contributed by atoms with Gasteiger partial charge in [0.05, 0.1) is 9.77 Å². The number of nitrogens with zero attached hydrogens (tertiary/aromatic N) is 1. The van der Waals surface area contributed by atoms with Gasteiger partial charge < -0.3 is 4.90 Å². The highest BCUT2D eigenvalue weighted by Gasteiger charge is 2.22. The Kier molecular flexibility index (Phi) is 8.57. The minimum atomic E-state index is -4.04.